The van der Waals surface area contributed by atoms with E-state index < -0.39 is 11.9 Å². The molecular weight excluding hydrogens is 440 g/mol. The molecule has 4 rings (SSSR count). The first-order valence-corrected chi connectivity index (χ1v) is 13.1. The van der Waals surface area contributed by atoms with Crippen LogP contribution in [0.4, 0.5) is 0 Å². The number of rotatable bonds is 1. The molecule has 0 aromatic rings. The van der Waals surface area contributed by atoms with E-state index in [1.807, 2.05) is 24.3 Å². The van der Waals surface area contributed by atoms with Gasteiger partial charge in [-0.3, -0.25) is 14.4 Å². The topological polar surface area (TPSA) is 95.5 Å². The number of amides is 2. The number of aliphatic hydroxyl groups excluding tert-OH is 1. The van der Waals surface area contributed by atoms with Crippen LogP contribution in [0, 0.1) is 35.5 Å². The SMILES string of the molecule is CCC1CC2CC3C=CC=CC(=O)NCCCC4NC(=O)C(=C4O)C(=O)CC=CC=CC3C2C1C. The minimum atomic E-state index is -0.584. The summed E-state index contributed by atoms with van der Waals surface area (Å²) >= 11 is 0. The third kappa shape index (κ3) is 5.52. The number of aliphatic hydroxyl groups is 1. The average molecular weight is 479 g/mol. The van der Waals surface area contributed by atoms with Gasteiger partial charge in [0.05, 0.1) is 6.04 Å². The van der Waals surface area contributed by atoms with Crippen molar-refractivity contribution in [3.63, 3.8) is 0 Å². The second-order valence-electron chi connectivity index (χ2n) is 10.5. The van der Waals surface area contributed by atoms with E-state index in [1.54, 1.807) is 12.2 Å². The van der Waals surface area contributed by atoms with E-state index in [0.717, 1.165) is 11.8 Å². The van der Waals surface area contributed by atoms with Crippen LogP contribution in [0.5, 0.6) is 0 Å². The van der Waals surface area contributed by atoms with E-state index in [9.17, 15) is 19.5 Å². The summed E-state index contributed by atoms with van der Waals surface area (Å²) in [6.07, 6.45) is 20.3. The van der Waals surface area contributed by atoms with Crippen molar-refractivity contribution in [2.75, 3.05) is 6.54 Å². The Morgan fingerprint density at radius 3 is 2.66 bits per heavy atom. The fourth-order valence-electron chi connectivity index (χ4n) is 6.77. The Labute approximate surface area is 208 Å². The third-order valence-corrected chi connectivity index (χ3v) is 8.51. The Bertz CT molecular complexity index is 989. The molecule has 188 valence electrons. The maximum atomic E-state index is 12.6. The highest BCUT2D eigenvalue weighted by Gasteiger charge is 2.49. The highest BCUT2D eigenvalue weighted by molar-refractivity contribution is 6.21. The van der Waals surface area contributed by atoms with Gasteiger partial charge in [-0.2, -0.15) is 0 Å². The predicted molar refractivity (Wildman–Crippen MR) is 136 cm³/mol. The van der Waals surface area contributed by atoms with E-state index in [1.165, 1.54) is 19.3 Å². The van der Waals surface area contributed by atoms with Gasteiger partial charge in [-0.1, -0.05) is 62.8 Å². The zero-order valence-electron chi connectivity index (χ0n) is 20.8. The summed E-state index contributed by atoms with van der Waals surface area (Å²) in [5.41, 5.74) is -0.140. The number of hydrogen-bond donors (Lipinski definition) is 3. The number of hydrogen-bond acceptors (Lipinski definition) is 4. The molecule has 3 N–H and O–H groups in total. The van der Waals surface area contributed by atoms with Crippen LogP contribution in [0.3, 0.4) is 0 Å². The fraction of sp³-hybridized carbons (Fsp3) is 0.552. The Hall–Kier alpha value is -2.89. The molecule has 2 bridgehead atoms. The van der Waals surface area contributed by atoms with Gasteiger partial charge in [0.15, 0.2) is 5.78 Å². The summed E-state index contributed by atoms with van der Waals surface area (Å²) in [6.45, 7) is 5.11. The molecule has 6 heteroatoms. The molecule has 0 saturated heterocycles. The number of ketones is 1. The molecule has 0 radical (unpaired) electrons. The van der Waals surface area contributed by atoms with Crippen LogP contribution in [-0.2, 0) is 14.4 Å². The number of carbonyl (C=O) groups is 3. The van der Waals surface area contributed by atoms with Crippen molar-refractivity contribution in [3.05, 3.63) is 59.9 Å². The Balaban J connectivity index is 1.55. The number of Topliss-reactive ketones (excluding diaryl/α,β-unsaturated/α-hetero) is 1. The lowest BCUT2D eigenvalue weighted by atomic mass is 9.79. The Morgan fingerprint density at radius 2 is 1.86 bits per heavy atom. The van der Waals surface area contributed by atoms with E-state index in [0.29, 0.717) is 43.1 Å². The summed E-state index contributed by atoms with van der Waals surface area (Å²) in [6, 6.07) is -0.584. The van der Waals surface area contributed by atoms with Gasteiger partial charge in [0, 0.05) is 19.0 Å². The summed E-state index contributed by atoms with van der Waals surface area (Å²) in [7, 11) is 0. The van der Waals surface area contributed by atoms with E-state index in [-0.39, 0.29) is 29.4 Å². The van der Waals surface area contributed by atoms with Crippen molar-refractivity contribution in [1.82, 2.24) is 10.6 Å². The maximum absolute atomic E-state index is 12.6. The molecule has 35 heavy (non-hydrogen) atoms. The molecule has 6 nitrogen and oxygen atoms in total. The average Bonchev–Trinajstić information content (AvgIpc) is 3.43. The number of allylic oxidation sites excluding steroid dienone is 7. The zero-order chi connectivity index (χ0) is 24.9. The van der Waals surface area contributed by atoms with Crippen LogP contribution in [0.1, 0.15) is 52.4 Å². The van der Waals surface area contributed by atoms with Crippen LogP contribution in [0.2, 0.25) is 0 Å². The molecule has 2 amide bonds. The number of carbonyl (C=O) groups excluding carboxylic acids is 3. The highest BCUT2D eigenvalue weighted by Crippen LogP contribution is 2.57. The van der Waals surface area contributed by atoms with Gasteiger partial charge in [0.2, 0.25) is 5.91 Å². The monoisotopic (exact) mass is 478 g/mol. The summed E-state index contributed by atoms with van der Waals surface area (Å²) in [5.74, 6) is 2.43. The molecule has 2 aliphatic carbocycles. The minimum absolute atomic E-state index is 0.0685. The van der Waals surface area contributed by atoms with E-state index in [4.69, 9.17) is 0 Å². The lowest BCUT2D eigenvalue weighted by Gasteiger charge is -2.26. The maximum Gasteiger partial charge on any atom is 0.259 e. The fourth-order valence-corrected chi connectivity index (χ4v) is 6.77. The molecule has 0 spiro atoms. The first kappa shape index (κ1) is 25.2. The standard InChI is InChI=1S/C29H38N2O4/c1-3-19-16-21-17-20-10-7-8-14-25(33)30-15-9-12-23-28(34)27(29(35)31-23)24(32)13-6-4-5-11-22(20)26(21)18(19)2/h4-8,10-11,14,18-23,26,34H,3,9,12-13,15-17H2,1-2H3,(H,30,33)(H,31,35). The number of nitrogens with one attached hydrogen (secondary N) is 2. The van der Waals surface area contributed by atoms with Crippen molar-refractivity contribution < 1.29 is 19.5 Å². The van der Waals surface area contributed by atoms with Gasteiger partial charge >= 0.3 is 0 Å². The van der Waals surface area contributed by atoms with Crippen LogP contribution in [0.15, 0.2) is 59.9 Å². The third-order valence-electron chi connectivity index (χ3n) is 8.51. The summed E-state index contributed by atoms with van der Waals surface area (Å²) in [5, 5.41) is 16.0. The van der Waals surface area contributed by atoms with Gasteiger partial charge < -0.3 is 15.7 Å². The molecule has 2 fully saturated rings. The van der Waals surface area contributed by atoms with Crippen LogP contribution in [-0.4, -0.2) is 35.3 Å². The van der Waals surface area contributed by atoms with Gasteiger partial charge in [0.1, 0.15) is 11.3 Å². The lowest BCUT2D eigenvalue weighted by Crippen LogP contribution is -2.31. The lowest BCUT2D eigenvalue weighted by molar-refractivity contribution is -0.122. The van der Waals surface area contributed by atoms with Crippen LogP contribution in [0.25, 0.3) is 0 Å². The van der Waals surface area contributed by atoms with Gasteiger partial charge in [0.25, 0.3) is 5.91 Å². The Kier molecular flexibility index (Phi) is 8.09. The smallest absolute Gasteiger partial charge is 0.259 e. The Morgan fingerprint density at radius 1 is 1.06 bits per heavy atom. The van der Waals surface area contributed by atoms with Crippen molar-refractivity contribution in [2.24, 2.45) is 35.5 Å². The second kappa shape index (κ2) is 11.2. The first-order valence-electron chi connectivity index (χ1n) is 13.1. The molecule has 0 aromatic heterocycles. The minimum Gasteiger partial charge on any atom is -0.509 e. The van der Waals surface area contributed by atoms with Crippen molar-refractivity contribution in [1.29, 1.82) is 0 Å². The van der Waals surface area contributed by atoms with Gasteiger partial charge in [-0.15, -0.1) is 0 Å². The normalized spacial score (nSPS) is 36.2. The van der Waals surface area contributed by atoms with Crippen LogP contribution >= 0.6 is 0 Å². The molecule has 2 aliphatic heterocycles. The summed E-state index contributed by atoms with van der Waals surface area (Å²) in [4.78, 5) is 37.1. The van der Waals surface area contributed by atoms with Crippen LogP contribution < -0.4 is 10.6 Å². The molecule has 7 unspecified atom stereocenters. The largest absolute Gasteiger partial charge is 0.509 e. The molecule has 0 aromatic carbocycles. The van der Waals surface area contributed by atoms with Crippen molar-refractivity contribution >= 4 is 17.6 Å². The second-order valence-corrected chi connectivity index (χ2v) is 10.5. The number of fused-ring (bicyclic) bond motifs is 4. The van der Waals surface area contributed by atoms with Gasteiger partial charge in [-0.25, -0.2) is 0 Å². The van der Waals surface area contributed by atoms with Gasteiger partial charge in [-0.05, 0) is 61.2 Å². The molecular formula is C29H38N2O4. The molecule has 4 aliphatic rings. The quantitative estimate of drug-likeness (QED) is 0.489. The molecule has 2 saturated carbocycles. The highest BCUT2D eigenvalue weighted by atomic mass is 16.3. The molecule has 7 atom stereocenters. The van der Waals surface area contributed by atoms with E-state index in [2.05, 4.69) is 36.6 Å². The predicted octanol–water partition coefficient (Wildman–Crippen LogP) is 4.33. The summed E-state index contributed by atoms with van der Waals surface area (Å²) < 4.78 is 0. The van der Waals surface area contributed by atoms with Crippen molar-refractivity contribution in [2.45, 2.75) is 58.4 Å². The molecule has 2 heterocycles. The zero-order valence-corrected chi connectivity index (χ0v) is 20.8. The van der Waals surface area contributed by atoms with E-state index >= 15 is 0 Å². The van der Waals surface area contributed by atoms with Crippen molar-refractivity contribution in [3.8, 4) is 0 Å². The first-order chi connectivity index (χ1) is 16.9.